The van der Waals surface area contributed by atoms with Crippen molar-refractivity contribution in [1.29, 1.82) is 0 Å². The summed E-state index contributed by atoms with van der Waals surface area (Å²) in [5, 5.41) is 8.77. The van der Waals surface area contributed by atoms with Gasteiger partial charge in [-0.3, -0.25) is 4.79 Å². The van der Waals surface area contributed by atoms with E-state index in [-0.39, 0.29) is 12.0 Å². The Morgan fingerprint density at radius 1 is 1.73 bits per heavy atom. The minimum atomic E-state index is -0.645. The minimum Gasteiger partial charge on any atom is -0.481 e. The maximum absolute atomic E-state index is 10.6. The molecule has 1 aliphatic heterocycles. The Bertz CT molecular complexity index is 158. The van der Waals surface area contributed by atoms with Crippen LogP contribution < -0.4 is 0 Å². The standard InChI is InChI=1S/C8H15NO2/c1-3-9-5-4-7(6(9)2)8(10)11/h6-7H,3-5H2,1-2H3,(H,10,11). The smallest absolute Gasteiger partial charge is 0.308 e. The second-order valence-electron chi connectivity index (χ2n) is 3.10. The van der Waals surface area contributed by atoms with Crippen LogP contribution in [0.4, 0.5) is 0 Å². The van der Waals surface area contributed by atoms with E-state index in [0.717, 1.165) is 19.5 Å². The van der Waals surface area contributed by atoms with Gasteiger partial charge < -0.3 is 10.0 Å². The Hall–Kier alpha value is -0.570. The van der Waals surface area contributed by atoms with Gasteiger partial charge in [0.1, 0.15) is 0 Å². The monoisotopic (exact) mass is 157 g/mol. The second-order valence-corrected chi connectivity index (χ2v) is 3.10. The van der Waals surface area contributed by atoms with E-state index < -0.39 is 5.97 Å². The highest BCUT2D eigenvalue weighted by atomic mass is 16.4. The molecule has 0 aliphatic carbocycles. The first-order valence-corrected chi connectivity index (χ1v) is 4.13. The van der Waals surface area contributed by atoms with E-state index in [4.69, 9.17) is 5.11 Å². The maximum atomic E-state index is 10.6. The van der Waals surface area contributed by atoms with Crippen LogP contribution in [0.25, 0.3) is 0 Å². The van der Waals surface area contributed by atoms with Crippen molar-refractivity contribution < 1.29 is 9.90 Å². The number of carboxylic acid groups (broad SMARTS) is 1. The molecule has 1 rings (SSSR count). The molecule has 0 aromatic rings. The third-order valence-corrected chi connectivity index (χ3v) is 2.61. The number of carbonyl (C=O) groups is 1. The Kier molecular flexibility index (Phi) is 2.49. The Morgan fingerprint density at radius 2 is 2.36 bits per heavy atom. The topological polar surface area (TPSA) is 40.5 Å². The second kappa shape index (κ2) is 3.22. The fraction of sp³-hybridized carbons (Fsp3) is 0.875. The predicted molar refractivity (Wildman–Crippen MR) is 42.5 cm³/mol. The fourth-order valence-electron chi connectivity index (χ4n) is 1.78. The highest BCUT2D eigenvalue weighted by Crippen LogP contribution is 2.23. The Labute approximate surface area is 67.0 Å². The quantitative estimate of drug-likeness (QED) is 0.644. The number of nitrogens with zero attached hydrogens (tertiary/aromatic N) is 1. The summed E-state index contributed by atoms with van der Waals surface area (Å²) in [4.78, 5) is 12.9. The normalized spacial score (nSPS) is 32.5. The molecule has 0 aromatic carbocycles. The van der Waals surface area contributed by atoms with E-state index >= 15 is 0 Å². The van der Waals surface area contributed by atoms with Crippen molar-refractivity contribution in [1.82, 2.24) is 4.90 Å². The average Bonchev–Trinajstić information content (AvgIpc) is 2.30. The lowest BCUT2D eigenvalue weighted by Gasteiger charge is -2.20. The molecule has 0 amide bonds. The average molecular weight is 157 g/mol. The summed E-state index contributed by atoms with van der Waals surface area (Å²) in [6.45, 7) is 5.97. The van der Waals surface area contributed by atoms with E-state index in [0.29, 0.717) is 0 Å². The minimum absolute atomic E-state index is 0.144. The van der Waals surface area contributed by atoms with Crippen molar-refractivity contribution in [3.63, 3.8) is 0 Å². The number of hydrogen-bond acceptors (Lipinski definition) is 2. The van der Waals surface area contributed by atoms with Crippen LogP contribution in [0.5, 0.6) is 0 Å². The van der Waals surface area contributed by atoms with Gasteiger partial charge in [0.2, 0.25) is 0 Å². The largest absolute Gasteiger partial charge is 0.481 e. The molecule has 0 spiro atoms. The summed E-state index contributed by atoms with van der Waals surface area (Å²) in [5.74, 6) is -0.789. The van der Waals surface area contributed by atoms with Crippen LogP contribution in [0.1, 0.15) is 20.3 Å². The summed E-state index contributed by atoms with van der Waals surface area (Å²) in [6.07, 6.45) is 0.810. The predicted octanol–water partition coefficient (Wildman–Crippen LogP) is 0.801. The summed E-state index contributed by atoms with van der Waals surface area (Å²) >= 11 is 0. The van der Waals surface area contributed by atoms with Crippen LogP contribution in [-0.2, 0) is 4.79 Å². The number of aliphatic carboxylic acids is 1. The molecule has 1 fully saturated rings. The van der Waals surface area contributed by atoms with Crippen molar-refractivity contribution in [2.45, 2.75) is 26.3 Å². The van der Waals surface area contributed by atoms with Crippen LogP contribution in [0.15, 0.2) is 0 Å². The zero-order valence-corrected chi connectivity index (χ0v) is 7.08. The molecule has 1 aliphatic rings. The zero-order valence-electron chi connectivity index (χ0n) is 7.08. The van der Waals surface area contributed by atoms with Gasteiger partial charge in [-0.1, -0.05) is 6.92 Å². The molecule has 1 heterocycles. The summed E-state index contributed by atoms with van der Waals surface area (Å²) in [6, 6.07) is 0.220. The van der Waals surface area contributed by atoms with E-state index in [9.17, 15) is 4.79 Å². The molecule has 11 heavy (non-hydrogen) atoms. The lowest BCUT2D eigenvalue weighted by Crippen LogP contribution is -2.32. The van der Waals surface area contributed by atoms with Crippen molar-refractivity contribution in [2.75, 3.05) is 13.1 Å². The van der Waals surface area contributed by atoms with Gasteiger partial charge >= 0.3 is 5.97 Å². The molecule has 0 saturated carbocycles. The highest BCUT2D eigenvalue weighted by Gasteiger charge is 2.34. The lowest BCUT2D eigenvalue weighted by atomic mass is 10.0. The van der Waals surface area contributed by atoms with Gasteiger partial charge in [0.15, 0.2) is 0 Å². The van der Waals surface area contributed by atoms with Crippen molar-refractivity contribution in [3.8, 4) is 0 Å². The lowest BCUT2D eigenvalue weighted by molar-refractivity contribution is -0.142. The summed E-state index contributed by atoms with van der Waals surface area (Å²) < 4.78 is 0. The van der Waals surface area contributed by atoms with Crippen molar-refractivity contribution >= 4 is 5.97 Å². The molecule has 0 aromatic heterocycles. The van der Waals surface area contributed by atoms with Crippen LogP contribution in [0, 0.1) is 5.92 Å². The number of carboxylic acids is 1. The van der Waals surface area contributed by atoms with Crippen LogP contribution in [0.2, 0.25) is 0 Å². The van der Waals surface area contributed by atoms with Gasteiger partial charge in [-0.15, -0.1) is 0 Å². The number of hydrogen-bond donors (Lipinski definition) is 1. The SMILES string of the molecule is CCN1CCC(C(=O)O)C1C. The van der Waals surface area contributed by atoms with Gasteiger partial charge in [-0.2, -0.15) is 0 Å². The first-order valence-electron chi connectivity index (χ1n) is 4.13. The molecule has 0 bridgehead atoms. The van der Waals surface area contributed by atoms with E-state index in [1.54, 1.807) is 0 Å². The molecule has 2 unspecified atom stereocenters. The summed E-state index contributed by atoms with van der Waals surface area (Å²) in [7, 11) is 0. The highest BCUT2D eigenvalue weighted by molar-refractivity contribution is 5.71. The first kappa shape index (κ1) is 8.53. The number of likely N-dealkylation sites (tertiary alicyclic amines) is 1. The molecular formula is C8H15NO2. The zero-order chi connectivity index (χ0) is 8.43. The number of rotatable bonds is 2. The van der Waals surface area contributed by atoms with Gasteiger partial charge in [-0.25, -0.2) is 0 Å². The molecule has 2 atom stereocenters. The molecular weight excluding hydrogens is 142 g/mol. The first-order chi connectivity index (χ1) is 5.16. The van der Waals surface area contributed by atoms with Gasteiger partial charge in [-0.05, 0) is 26.4 Å². The fourth-order valence-corrected chi connectivity index (χ4v) is 1.78. The van der Waals surface area contributed by atoms with Crippen LogP contribution >= 0.6 is 0 Å². The van der Waals surface area contributed by atoms with E-state index in [1.807, 2.05) is 6.92 Å². The van der Waals surface area contributed by atoms with Crippen molar-refractivity contribution in [2.24, 2.45) is 5.92 Å². The molecule has 1 N–H and O–H groups in total. The molecule has 1 saturated heterocycles. The molecule has 3 nitrogen and oxygen atoms in total. The molecule has 3 heteroatoms. The van der Waals surface area contributed by atoms with Gasteiger partial charge in [0.05, 0.1) is 5.92 Å². The Balaban J connectivity index is 2.55. The maximum Gasteiger partial charge on any atom is 0.308 e. The third-order valence-electron chi connectivity index (χ3n) is 2.61. The van der Waals surface area contributed by atoms with Gasteiger partial charge in [0.25, 0.3) is 0 Å². The van der Waals surface area contributed by atoms with Crippen LogP contribution in [-0.4, -0.2) is 35.1 Å². The molecule has 0 radical (unpaired) electrons. The Morgan fingerprint density at radius 3 is 2.64 bits per heavy atom. The van der Waals surface area contributed by atoms with Crippen LogP contribution in [0.3, 0.4) is 0 Å². The van der Waals surface area contributed by atoms with E-state index in [1.165, 1.54) is 0 Å². The summed E-state index contributed by atoms with van der Waals surface area (Å²) in [5.41, 5.74) is 0. The van der Waals surface area contributed by atoms with Crippen molar-refractivity contribution in [3.05, 3.63) is 0 Å². The third kappa shape index (κ3) is 1.53. The molecule has 64 valence electrons. The van der Waals surface area contributed by atoms with E-state index in [2.05, 4.69) is 11.8 Å². The van der Waals surface area contributed by atoms with Gasteiger partial charge in [0, 0.05) is 6.04 Å².